The van der Waals surface area contributed by atoms with Crippen LogP contribution in [0.4, 0.5) is 0 Å². The average Bonchev–Trinajstić information content (AvgIpc) is 2.52. The molecule has 1 aromatic carbocycles. The first kappa shape index (κ1) is 13.9. The molecule has 1 heterocycles. The molecule has 2 heteroatoms. The van der Waals surface area contributed by atoms with E-state index in [2.05, 4.69) is 23.0 Å². The van der Waals surface area contributed by atoms with Crippen LogP contribution in [0.1, 0.15) is 17.7 Å². The van der Waals surface area contributed by atoms with E-state index < -0.39 is 0 Å². The van der Waals surface area contributed by atoms with Gasteiger partial charge in [0, 0.05) is 30.0 Å². The third-order valence-electron chi connectivity index (χ3n) is 2.94. The molecule has 0 unspecified atom stereocenters. The summed E-state index contributed by atoms with van der Waals surface area (Å²) in [4.78, 5) is 0. The van der Waals surface area contributed by atoms with Gasteiger partial charge in [-0.25, -0.2) is 0 Å². The summed E-state index contributed by atoms with van der Waals surface area (Å²) in [6, 6.07) is 13.8. The predicted octanol–water partition coefficient (Wildman–Crippen LogP) is 2.96. The van der Waals surface area contributed by atoms with Crippen LogP contribution in [0.15, 0.2) is 61.3 Å². The van der Waals surface area contributed by atoms with E-state index in [9.17, 15) is 0 Å². The number of methoxy groups -OCH3 is 1. The zero-order chi connectivity index (χ0) is 14.2. The fourth-order valence-electron chi connectivity index (χ4n) is 1.83. The average molecular weight is 264 g/mol. The summed E-state index contributed by atoms with van der Waals surface area (Å²) < 4.78 is 7.27. The Morgan fingerprint density at radius 1 is 1.15 bits per heavy atom. The van der Waals surface area contributed by atoms with Gasteiger partial charge in [-0.3, -0.25) is 0 Å². The molecule has 2 rings (SSSR count). The number of aryl methyl sites for hydroxylation is 1. The zero-order valence-corrected chi connectivity index (χ0v) is 11.7. The Labute approximate surface area is 120 Å². The maximum Gasteiger partial charge on any atom is 0.257 e. The quantitative estimate of drug-likeness (QED) is 0.470. The zero-order valence-electron chi connectivity index (χ0n) is 11.7. The fraction of sp³-hybridized carbons (Fsp3) is 0.167. The normalized spacial score (nSPS) is 9.45. The van der Waals surface area contributed by atoms with Gasteiger partial charge in [-0.2, -0.15) is 4.57 Å². The number of benzene rings is 1. The number of hydrogen-bond donors (Lipinski definition) is 0. The maximum absolute atomic E-state index is 5.13. The summed E-state index contributed by atoms with van der Waals surface area (Å²) in [6.45, 7) is 4.65. The second-order valence-electron chi connectivity index (χ2n) is 4.34. The summed E-state index contributed by atoms with van der Waals surface area (Å²) in [7, 11) is 1.66. The molecule has 0 amide bonds. The van der Waals surface area contributed by atoms with Gasteiger partial charge in [-0.15, -0.1) is 6.58 Å². The highest BCUT2D eigenvalue weighted by Crippen LogP contribution is 2.10. The molecule has 0 bridgehead atoms. The highest BCUT2D eigenvalue weighted by atomic mass is 16.5. The predicted molar refractivity (Wildman–Crippen MR) is 80.4 cm³/mol. The molecule has 0 fully saturated rings. The number of hydrogen-bond acceptors (Lipinski definition) is 1. The third kappa shape index (κ3) is 3.73. The molecule has 0 radical (unpaired) electrons. The fourth-order valence-corrected chi connectivity index (χ4v) is 1.83. The molecular weight excluding hydrogens is 246 g/mol. The van der Waals surface area contributed by atoms with Crippen LogP contribution in [0.2, 0.25) is 0 Å². The minimum absolute atomic E-state index is 0.844. The van der Waals surface area contributed by atoms with Gasteiger partial charge in [-0.1, -0.05) is 12.0 Å². The second kappa shape index (κ2) is 7.16. The van der Waals surface area contributed by atoms with Crippen molar-refractivity contribution in [1.82, 2.24) is 0 Å². The molecule has 0 atom stereocenters. The number of pyridine rings is 1. The largest absolute Gasteiger partial charge is 0.497 e. The van der Waals surface area contributed by atoms with E-state index in [-0.39, 0.29) is 0 Å². The second-order valence-corrected chi connectivity index (χ2v) is 4.34. The van der Waals surface area contributed by atoms with Crippen molar-refractivity contribution >= 4 is 0 Å². The van der Waals surface area contributed by atoms with Crippen LogP contribution in [0.3, 0.4) is 0 Å². The van der Waals surface area contributed by atoms with E-state index in [1.54, 1.807) is 7.11 Å². The molecule has 0 saturated heterocycles. The molecule has 0 saturated carbocycles. The number of aromatic nitrogens is 1. The lowest BCUT2D eigenvalue weighted by Gasteiger charge is -1.98. The standard InChI is InChI=1S/C18H18NO/c1-3-4-14-19-15-6-5-7-17(19)11-8-16-9-12-18(20-2)13-10-16/h3,5-7,9-10,12-13,15H,1,4,14H2,2H3/q+1. The van der Waals surface area contributed by atoms with Crippen LogP contribution in [0.5, 0.6) is 5.75 Å². The van der Waals surface area contributed by atoms with Gasteiger partial charge in [0.25, 0.3) is 5.69 Å². The summed E-state index contributed by atoms with van der Waals surface area (Å²) >= 11 is 0. The molecule has 0 aliphatic heterocycles. The van der Waals surface area contributed by atoms with Crippen LogP contribution in [-0.4, -0.2) is 7.11 Å². The Kier molecular flexibility index (Phi) is 4.97. The molecule has 0 aliphatic rings. The monoisotopic (exact) mass is 264 g/mol. The van der Waals surface area contributed by atoms with Crippen molar-refractivity contribution < 1.29 is 9.30 Å². The van der Waals surface area contributed by atoms with Crippen LogP contribution in [0.25, 0.3) is 0 Å². The molecule has 1 aromatic heterocycles. The Morgan fingerprint density at radius 2 is 1.95 bits per heavy atom. The summed E-state index contributed by atoms with van der Waals surface area (Å²) in [5.41, 5.74) is 1.98. The van der Waals surface area contributed by atoms with E-state index in [1.807, 2.05) is 54.7 Å². The van der Waals surface area contributed by atoms with Crippen molar-refractivity contribution in [2.45, 2.75) is 13.0 Å². The van der Waals surface area contributed by atoms with E-state index in [4.69, 9.17) is 4.74 Å². The first-order valence-electron chi connectivity index (χ1n) is 6.59. The molecule has 2 aromatic rings. The molecule has 0 spiro atoms. The van der Waals surface area contributed by atoms with Gasteiger partial charge >= 0.3 is 0 Å². The SMILES string of the molecule is C=CCC[n+]1ccccc1C#Cc1ccc(OC)cc1. The van der Waals surface area contributed by atoms with Crippen LogP contribution >= 0.6 is 0 Å². The van der Waals surface area contributed by atoms with Gasteiger partial charge in [0.1, 0.15) is 5.75 Å². The van der Waals surface area contributed by atoms with Crippen molar-refractivity contribution in [1.29, 1.82) is 0 Å². The minimum atomic E-state index is 0.844. The number of nitrogens with zero attached hydrogens (tertiary/aromatic N) is 1. The summed E-state index contributed by atoms with van der Waals surface area (Å²) in [6.07, 6.45) is 4.90. The van der Waals surface area contributed by atoms with Gasteiger partial charge < -0.3 is 4.74 Å². The van der Waals surface area contributed by atoms with E-state index in [1.165, 1.54) is 0 Å². The Balaban J connectivity index is 2.20. The van der Waals surface area contributed by atoms with Gasteiger partial charge in [0.05, 0.1) is 7.11 Å². The first-order chi connectivity index (χ1) is 9.83. The lowest BCUT2D eigenvalue weighted by atomic mass is 10.2. The molecule has 20 heavy (non-hydrogen) atoms. The summed E-state index contributed by atoms with van der Waals surface area (Å²) in [5.74, 6) is 7.23. The Morgan fingerprint density at radius 3 is 2.65 bits per heavy atom. The molecule has 2 nitrogen and oxygen atoms in total. The first-order valence-corrected chi connectivity index (χ1v) is 6.59. The van der Waals surface area contributed by atoms with E-state index >= 15 is 0 Å². The maximum atomic E-state index is 5.13. The van der Waals surface area contributed by atoms with Crippen molar-refractivity contribution in [3.63, 3.8) is 0 Å². The van der Waals surface area contributed by atoms with E-state index in [0.717, 1.165) is 30.0 Å². The summed E-state index contributed by atoms with van der Waals surface area (Å²) in [5, 5.41) is 0. The highest BCUT2D eigenvalue weighted by molar-refractivity contribution is 5.41. The van der Waals surface area contributed by atoms with Crippen molar-refractivity contribution in [3.05, 3.63) is 72.6 Å². The number of ether oxygens (including phenoxy) is 1. The topological polar surface area (TPSA) is 13.1 Å². The lowest BCUT2D eigenvalue weighted by Crippen LogP contribution is -2.36. The molecular formula is C18H18NO+. The highest BCUT2D eigenvalue weighted by Gasteiger charge is 2.04. The van der Waals surface area contributed by atoms with Crippen LogP contribution in [0, 0.1) is 11.8 Å². The smallest absolute Gasteiger partial charge is 0.257 e. The van der Waals surface area contributed by atoms with Gasteiger partial charge in [0.15, 0.2) is 12.7 Å². The van der Waals surface area contributed by atoms with E-state index in [0.29, 0.717) is 0 Å². The Hall–Kier alpha value is -2.53. The van der Waals surface area contributed by atoms with Crippen molar-refractivity contribution in [2.75, 3.05) is 7.11 Å². The van der Waals surface area contributed by atoms with Crippen molar-refractivity contribution in [3.8, 4) is 17.6 Å². The van der Waals surface area contributed by atoms with Crippen LogP contribution in [-0.2, 0) is 6.54 Å². The third-order valence-corrected chi connectivity index (χ3v) is 2.94. The lowest BCUT2D eigenvalue weighted by molar-refractivity contribution is -0.698. The van der Waals surface area contributed by atoms with Gasteiger partial charge in [0.2, 0.25) is 0 Å². The molecule has 0 aliphatic carbocycles. The molecule has 0 N–H and O–H groups in total. The Bertz CT molecular complexity index is 632. The number of allylic oxidation sites excluding steroid dienone is 1. The minimum Gasteiger partial charge on any atom is -0.497 e. The van der Waals surface area contributed by atoms with Crippen LogP contribution < -0.4 is 9.30 Å². The van der Waals surface area contributed by atoms with Gasteiger partial charge in [-0.05, 0) is 30.3 Å². The number of rotatable bonds is 4. The molecule has 100 valence electrons. The van der Waals surface area contributed by atoms with Crippen molar-refractivity contribution in [2.24, 2.45) is 0 Å².